The maximum atomic E-state index is 13.1. The minimum Gasteiger partial charge on any atom is -0.323 e. The molecule has 0 radical (unpaired) electrons. The van der Waals surface area contributed by atoms with E-state index in [0.29, 0.717) is 5.69 Å². The van der Waals surface area contributed by atoms with Crippen molar-refractivity contribution >= 4 is 5.69 Å². The number of rotatable bonds is 3. The minimum absolute atomic E-state index is 0.196. The Morgan fingerprint density at radius 1 is 1.29 bits per heavy atom. The highest BCUT2D eigenvalue weighted by molar-refractivity contribution is 5.47. The maximum Gasteiger partial charge on any atom is 0.345 e. The molecule has 76 valence electrons. The molecule has 1 N–H and O–H groups in total. The summed E-state index contributed by atoms with van der Waals surface area (Å²) in [5.74, 6) is 0. The molecule has 1 nitrogen and oxygen atoms in total. The number of hydrogen-bond donors (Lipinski definition) is 1. The second-order valence-electron chi connectivity index (χ2n) is 3.35. The summed E-state index contributed by atoms with van der Waals surface area (Å²) in [6.07, 6.45) is 0. The van der Waals surface area contributed by atoms with E-state index in [-0.39, 0.29) is 5.57 Å². The zero-order valence-corrected chi connectivity index (χ0v) is 8.27. The zero-order chi connectivity index (χ0) is 10.8. The van der Waals surface area contributed by atoms with Crippen LogP contribution in [0, 0.1) is 6.92 Å². The second-order valence-corrected chi connectivity index (χ2v) is 3.35. The van der Waals surface area contributed by atoms with E-state index >= 15 is 0 Å². The number of hydrogen-bond acceptors (Lipinski definition) is 1. The molecular formula is C11H13F2N. The summed E-state index contributed by atoms with van der Waals surface area (Å²) in [7, 11) is 0. The second kappa shape index (κ2) is 3.78. The van der Waals surface area contributed by atoms with Crippen molar-refractivity contribution < 1.29 is 8.78 Å². The lowest BCUT2D eigenvalue weighted by molar-refractivity contribution is 0.0746. The van der Waals surface area contributed by atoms with Crippen molar-refractivity contribution in [2.45, 2.75) is 19.9 Å². The molecule has 1 rings (SSSR count). The molecule has 0 unspecified atom stereocenters. The van der Waals surface area contributed by atoms with Gasteiger partial charge in [-0.15, -0.1) is 0 Å². The standard InChI is InChI=1S/C11H13F2N/c1-8(2)11(12,13)14-10-6-4-9(3)5-7-10/h4-7,14H,1H2,2-3H3. The summed E-state index contributed by atoms with van der Waals surface area (Å²) in [6, 6.07) is 3.74. The predicted octanol–water partition coefficient (Wildman–Crippen LogP) is 3.58. The molecule has 0 aliphatic rings. The fourth-order valence-corrected chi connectivity index (χ4v) is 0.925. The van der Waals surface area contributed by atoms with Crippen molar-refractivity contribution in [3.05, 3.63) is 42.0 Å². The zero-order valence-electron chi connectivity index (χ0n) is 8.27. The van der Waals surface area contributed by atoms with E-state index in [1.54, 1.807) is 24.3 Å². The van der Waals surface area contributed by atoms with Crippen LogP contribution in [-0.4, -0.2) is 6.05 Å². The molecule has 0 aliphatic carbocycles. The molecule has 1 aromatic rings. The van der Waals surface area contributed by atoms with Crippen molar-refractivity contribution in [3.8, 4) is 0 Å². The molecule has 3 heteroatoms. The van der Waals surface area contributed by atoms with Gasteiger partial charge in [0.05, 0.1) is 0 Å². The summed E-state index contributed by atoms with van der Waals surface area (Å²) in [5.41, 5.74) is 1.23. The third-order valence-corrected chi connectivity index (χ3v) is 1.89. The van der Waals surface area contributed by atoms with E-state index in [0.717, 1.165) is 5.56 Å². The predicted molar refractivity (Wildman–Crippen MR) is 54.6 cm³/mol. The van der Waals surface area contributed by atoms with Crippen molar-refractivity contribution in [1.29, 1.82) is 0 Å². The van der Waals surface area contributed by atoms with Gasteiger partial charge in [-0.05, 0) is 26.0 Å². The molecule has 0 saturated heterocycles. The van der Waals surface area contributed by atoms with Gasteiger partial charge in [-0.1, -0.05) is 24.3 Å². The fourth-order valence-electron chi connectivity index (χ4n) is 0.925. The molecule has 0 bridgehead atoms. The summed E-state index contributed by atoms with van der Waals surface area (Å²) >= 11 is 0. The maximum absolute atomic E-state index is 13.1. The minimum atomic E-state index is -3.05. The van der Waals surface area contributed by atoms with Crippen LogP contribution in [0.5, 0.6) is 0 Å². The van der Waals surface area contributed by atoms with Crippen LogP contribution in [0.4, 0.5) is 14.5 Å². The van der Waals surface area contributed by atoms with Gasteiger partial charge in [0, 0.05) is 11.3 Å². The first kappa shape index (κ1) is 10.7. The van der Waals surface area contributed by atoms with Crippen LogP contribution in [0.25, 0.3) is 0 Å². The Hall–Kier alpha value is -1.38. The van der Waals surface area contributed by atoms with Gasteiger partial charge < -0.3 is 5.32 Å². The normalized spacial score (nSPS) is 11.1. The summed E-state index contributed by atoms with van der Waals surface area (Å²) in [4.78, 5) is 0. The lowest BCUT2D eigenvalue weighted by atomic mass is 10.2. The van der Waals surface area contributed by atoms with Gasteiger partial charge in [0.25, 0.3) is 0 Å². The number of alkyl halides is 2. The van der Waals surface area contributed by atoms with E-state index in [1.807, 2.05) is 6.92 Å². The lowest BCUT2D eigenvalue weighted by Gasteiger charge is -2.18. The number of benzene rings is 1. The van der Waals surface area contributed by atoms with Crippen molar-refractivity contribution in [3.63, 3.8) is 0 Å². The largest absolute Gasteiger partial charge is 0.345 e. The first-order valence-corrected chi connectivity index (χ1v) is 4.30. The van der Waals surface area contributed by atoms with E-state index < -0.39 is 6.05 Å². The number of aryl methyl sites for hydroxylation is 1. The SMILES string of the molecule is C=C(C)C(F)(F)Nc1ccc(C)cc1. The Bertz CT molecular complexity index is 328. The van der Waals surface area contributed by atoms with Crippen LogP contribution in [0.2, 0.25) is 0 Å². The van der Waals surface area contributed by atoms with E-state index in [4.69, 9.17) is 0 Å². The molecule has 0 amide bonds. The smallest absolute Gasteiger partial charge is 0.323 e. The molecule has 0 saturated carbocycles. The van der Waals surface area contributed by atoms with Crippen LogP contribution >= 0.6 is 0 Å². The Kier molecular flexibility index (Phi) is 2.89. The number of halogens is 2. The molecule has 0 aliphatic heterocycles. The summed E-state index contributed by atoms with van der Waals surface area (Å²) in [5, 5.41) is 2.11. The van der Waals surface area contributed by atoms with E-state index in [9.17, 15) is 8.78 Å². The third kappa shape index (κ3) is 2.55. The monoisotopic (exact) mass is 197 g/mol. The average molecular weight is 197 g/mol. The van der Waals surface area contributed by atoms with Crippen LogP contribution in [-0.2, 0) is 0 Å². The molecule has 1 aromatic carbocycles. The van der Waals surface area contributed by atoms with Crippen LogP contribution in [0.1, 0.15) is 12.5 Å². The molecule has 14 heavy (non-hydrogen) atoms. The Balaban J connectivity index is 2.79. The van der Waals surface area contributed by atoms with Crippen LogP contribution in [0.15, 0.2) is 36.4 Å². The van der Waals surface area contributed by atoms with Gasteiger partial charge in [0.2, 0.25) is 0 Å². The van der Waals surface area contributed by atoms with Gasteiger partial charge in [0.1, 0.15) is 0 Å². The van der Waals surface area contributed by atoms with E-state index in [2.05, 4.69) is 11.9 Å². The van der Waals surface area contributed by atoms with Gasteiger partial charge in [-0.3, -0.25) is 0 Å². The quantitative estimate of drug-likeness (QED) is 0.577. The third-order valence-electron chi connectivity index (χ3n) is 1.89. The van der Waals surface area contributed by atoms with Gasteiger partial charge in [-0.25, -0.2) is 0 Å². The first-order chi connectivity index (χ1) is 6.42. The summed E-state index contributed by atoms with van der Waals surface area (Å²) in [6.45, 7) is 6.42. The molecule has 0 fully saturated rings. The van der Waals surface area contributed by atoms with Gasteiger partial charge in [-0.2, -0.15) is 8.78 Å². The van der Waals surface area contributed by atoms with E-state index in [1.165, 1.54) is 6.92 Å². The Morgan fingerprint density at radius 3 is 2.21 bits per heavy atom. The fraction of sp³-hybridized carbons (Fsp3) is 0.273. The highest BCUT2D eigenvalue weighted by atomic mass is 19.3. The van der Waals surface area contributed by atoms with Gasteiger partial charge >= 0.3 is 6.05 Å². The molecular weight excluding hydrogens is 184 g/mol. The highest BCUT2D eigenvalue weighted by Crippen LogP contribution is 2.24. The Morgan fingerprint density at radius 2 is 1.79 bits per heavy atom. The molecule has 0 aromatic heterocycles. The molecule has 0 spiro atoms. The van der Waals surface area contributed by atoms with Crippen molar-refractivity contribution in [2.24, 2.45) is 0 Å². The highest BCUT2D eigenvalue weighted by Gasteiger charge is 2.29. The summed E-state index contributed by atoms with van der Waals surface area (Å²) < 4.78 is 26.2. The topological polar surface area (TPSA) is 12.0 Å². The average Bonchev–Trinajstić information content (AvgIpc) is 2.08. The molecule has 0 heterocycles. The van der Waals surface area contributed by atoms with Crippen molar-refractivity contribution in [2.75, 3.05) is 5.32 Å². The van der Waals surface area contributed by atoms with Gasteiger partial charge in [0.15, 0.2) is 0 Å². The van der Waals surface area contributed by atoms with Crippen molar-refractivity contribution in [1.82, 2.24) is 0 Å². The number of anilines is 1. The Labute approximate surface area is 82.4 Å². The lowest BCUT2D eigenvalue weighted by Crippen LogP contribution is -2.28. The first-order valence-electron chi connectivity index (χ1n) is 4.30. The molecule has 0 atom stereocenters. The van der Waals surface area contributed by atoms with Crippen LogP contribution < -0.4 is 5.32 Å². The van der Waals surface area contributed by atoms with Crippen LogP contribution in [0.3, 0.4) is 0 Å². The number of nitrogens with one attached hydrogen (secondary N) is 1.